The van der Waals surface area contributed by atoms with E-state index in [1.54, 1.807) is 12.1 Å². The van der Waals surface area contributed by atoms with E-state index < -0.39 is 5.82 Å². The van der Waals surface area contributed by atoms with E-state index in [0.29, 0.717) is 16.8 Å². The maximum atomic E-state index is 13.7. The van der Waals surface area contributed by atoms with Crippen LogP contribution in [0.15, 0.2) is 22.7 Å². The zero-order chi connectivity index (χ0) is 12.7. The van der Waals surface area contributed by atoms with Crippen molar-refractivity contribution in [3.8, 4) is 0 Å². The molecular weight excluding hydrogens is 295 g/mol. The summed E-state index contributed by atoms with van der Waals surface area (Å²) in [6, 6.07) is 4.69. The minimum atomic E-state index is -0.405. The van der Waals surface area contributed by atoms with Crippen molar-refractivity contribution < 1.29 is 9.18 Å². The molecule has 0 radical (unpaired) electrons. The lowest BCUT2D eigenvalue weighted by atomic mass is 9.84. The number of hydrogen-bond acceptors (Lipinski definition) is 1. The molecule has 3 rings (SSSR count). The molecule has 3 unspecified atom stereocenters. The van der Waals surface area contributed by atoms with E-state index >= 15 is 0 Å². The number of fused-ring (bicyclic) bond motifs is 2. The molecule has 18 heavy (non-hydrogen) atoms. The van der Waals surface area contributed by atoms with E-state index in [9.17, 15) is 9.18 Å². The number of benzene rings is 1. The Balaban J connectivity index is 1.71. The fourth-order valence-electron chi connectivity index (χ4n) is 3.69. The zero-order valence-electron chi connectivity index (χ0n) is 10.2. The van der Waals surface area contributed by atoms with Gasteiger partial charge in [0.25, 0.3) is 0 Å². The average Bonchev–Trinajstić information content (AvgIpc) is 2.90. The Morgan fingerprint density at radius 3 is 2.78 bits per heavy atom. The molecule has 1 aromatic rings. The first-order valence-electron chi connectivity index (χ1n) is 6.61. The molecule has 1 nitrogen and oxygen atoms in total. The first-order valence-corrected chi connectivity index (χ1v) is 7.41. The third-order valence-electron chi connectivity index (χ3n) is 4.56. The number of rotatable bonds is 3. The molecule has 0 aliphatic heterocycles. The molecule has 0 heterocycles. The number of Topliss-reactive ketones (excluding diaryl/α,β-unsaturated/α-hetero) is 1. The van der Waals surface area contributed by atoms with Gasteiger partial charge in [0.15, 0.2) is 5.78 Å². The molecule has 3 heteroatoms. The van der Waals surface area contributed by atoms with E-state index in [2.05, 4.69) is 15.9 Å². The Kier molecular flexibility index (Phi) is 3.27. The van der Waals surface area contributed by atoms with Gasteiger partial charge in [0, 0.05) is 10.9 Å². The summed E-state index contributed by atoms with van der Waals surface area (Å²) in [5.74, 6) is 1.62. The number of hydrogen-bond donors (Lipinski definition) is 0. The lowest BCUT2D eigenvalue weighted by molar-refractivity contribution is 0.0940. The van der Waals surface area contributed by atoms with Gasteiger partial charge in [-0.05, 0) is 55.2 Å². The third kappa shape index (κ3) is 2.25. The van der Waals surface area contributed by atoms with Gasteiger partial charge >= 0.3 is 0 Å². The van der Waals surface area contributed by atoms with Crippen molar-refractivity contribution in [1.82, 2.24) is 0 Å². The maximum absolute atomic E-state index is 13.7. The summed E-state index contributed by atoms with van der Waals surface area (Å²) < 4.78 is 14.4. The molecule has 1 aromatic carbocycles. The Morgan fingerprint density at radius 2 is 2.17 bits per heavy atom. The van der Waals surface area contributed by atoms with Crippen molar-refractivity contribution >= 4 is 21.7 Å². The highest BCUT2D eigenvalue weighted by molar-refractivity contribution is 9.10. The predicted molar refractivity (Wildman–Crippen MR) is 72.0 cm³/mol. The topological polar surface area (TPSA) is 17.1 Å². The largest absolute Gasteiger partial charge is 0.294 e. The van der Waals surface area contributed by atoms with Gasteiger partial charge in [0.05, 0.1) is 5.56 Å². The molecule has 0 amide bonds. The molecular formula is C15H16BrFO. The van der Waals surface area contributed by atoms with Crippen molar-refractivity contribution in [2.45, 2.75) is 32.1 Å². The number of carbonyl (C=O) groups is 1. The van der Waals surface area contributed by atoms with Crippen LogP contribution in [-0.4, -0.2) is 5.78 Å². The van der Waals surface area contributed by atoms with Gasteiger partial charge in [-0.1, -0.05) is 22.4 Å². The third-order valence-corrected chi connectivity index (χ3v) is 5.06. The fraction of sp³-hybridized carbons (Fsp3) is 0.533. The van der Waals surface area contributed by atoms with Crippen LogP contribution in [-0.2, 0) is 0 Å². The number of ketones is 1. The van der Waals surface area contributed by atoms with Crippen LogP contribution in [0.5, 0.6) is 0 Å². The summed E-state index contributed by atoms with van der Waals surface area (Å²) in [4.78, 5) is 12.2. The minimum absolute atomic E-state index is 0.0300. The van der Waals surface area contributed by atoms with Crippen LogP contribution >= 0.6 is 15.9 Å². The molecule has 96 valence electrons. The Bertz CT molecular complexity index is 485. The molecule has 0 spiro atoms. The average molecular weight is 311 g/mol. The van der Waals surface area contributed by atoms with Gasteiger partial charge in [-0.2, -0.15) is 0 Å². The van der Waals surface area contributed by atoms with Crippen LogP contribution in [0.1, 0.15) is 42.5 Å². The van der Waals surface area contributed by atoms with Crippen molar-refractivity contribution in [3.63, 3.8) is 0 Å². The van der Waals surface area contributed by atoms with Gasteiger partial charge in [-0.25, -0.2) is 4.39 Å². The number of carbonyl (C=O) groups excluding carboxylic acids is 1. The highest BCUT2D eigenvalue weighted by Gasteiger charge is 2.40. The van der Waals surface area contributed by atoms with Crippen LogP contribution in [0.2, 0.25) is 0 Å². The van der Waals surface area contributed by atoms with E-state index in [1.165, 1.54) is 31.7 Å². The van der Waals surface area contributed by atoms with Gasteiger partial charge < -0.3 is 0 Å². The second-order valence-electron chi connectivity index (χ2n) is 5.69. The lowest BCUT2D eigenvalue weighted by Crippen LogP contribution is -2.16. The van der Waals surface area contributed by atoms with Crippen molar-refractivity contribution in [3.05, 3.63) is 34.1 Å². The summed E-state index contributed by atoms with van der Waals surface area (Å²) in [7, 11) is 0. The van der Waals surface area contributed by atoms with Crippen LogP contribution in [0.25, 0.3) is 0 Å². The first-order chi connectivity index (χ1) is 8.63. The highest BCUT2D eigenvalue weighted by Crippen LogP contribution is 2.49. The van der Waals surface area contributed by atoms with Crippen molar-refractivity contribution in [2.75, 3.05) is 0 Å². The molecule has 2 fully saturated rings. The van der Waals surface area contributed by atoms with E-state index in [4.69, 9.17) is 0 Å². The minimum Gasteiger partial charge on any atom is -0.294 e. The van der Waals surface area contributed by atoms with Gasteiger partial charge in [0.1, 0.15) is 5.82 Å². The van der Waals surface area contributed by atoms with Gasteiger partial charge in [0.2, 0.25) is 0 Å². The summed E-state index contributed by atoms with van der Waals surface area (Å²) in [6.07, 6.45) is 5.60. The second-order valence-corrected chi connectivity index (χ2v) is 6.60. The molecule has 2 saturated carbocycles. The molecule has 0 aromatic heterocycles. The van der Waals surface area contributed by atoms with E-state index in [1.807, 2.05) is 0 Å². The standard InChI is InChI=1S/C15H16BrFO/c16-12-3-4-13(14(17)8-12)15(18)7-11-6-9-1-2-10(11)5-9/h3-4,8-11H,1-2,5-7H2. The van der Waals surface area contributed by atoms with Crippen LogP contribution in [0.3, 0.4) is 0 Å². The maximum Gasteiger partial charge on any atom is 0.166 e. The van der Waals surface area contributed by atoms with Crippen LogP contribution in [0, 0.1) is 23.6 Å². The monoisotopic (exact) mass is 310 g/mol. The first kappa shape index (κ1) is 12.3. The van der Waals surface area contributed by atoms with E-state index in [-0.39, 0.29) is 11.3 Å². The summed E-state index contributed by atoms with van der Waals surface area (Å²) >= 11 is 3.21. The zero-order valence-corrected chi connectivity index (χ0v) is 11.7. The normalized spacial score (nSPS) is 29.8. The van der Waals surface area contributed by atoms with Gasteiger partial charge in [-0.15, -0.1) is 0 Å². The van der Waals surface area contributed by atoms with E-state index in [0.717, 1.165) is 11.8 Å². The highest BCUT2D eigenvalue weighted by atomic mass is 79.9. The molecule has 2 bridgehead atoms. The second kappa shape index (κ2) is 4.76. The summed E-state index contributed by atoms with van der Waals surface area (Å²) in [5.41, 5.74) is 0.251. The summed E-state index contributed by atoms with van der Waals surface area (Å²) in [5, 5.41) is 0. The van der Waals surface area contributed by atoms with Gasteiger partial charge in [-0.3, -0.25) is 4.79 Å². The molecule has 2 aliphatic carbocycles. The smallest absolute Gasteiger partial charge is 0.166 e. The molecule has 0 saturated heterocycles. The SMILES string of the molecule is O=C(CC1CC2CCC1C2)c1ccc(Br)cc1F. The number of halogens is 2. The molecule has 2 aliphatic rings. The Labute approximate surface area is 115 Å². The Hall–Kier alpha value is -0.700. The fourth-order valence-corrected chi connectivity index (χ4v) is 4.02. The predicted octanol–water partition coefficient (Wildman–Crippen LogP) is 4.60. The quantitative estimate of drug-likeness (QED) is 0.746. The molecule has 0 N–H and O–H groups in total. The van der Waals surface area contributed by atoms with Crippen LogP contribution < -0.4 is 0 Å². The lowest BCUT2D eigenvalue weighted by Gasteiger charge is -2.20. The van der Waals surface area contributed by atoms with Crippen LogP contribution in [0.4, 0.5) is 4.39 Å². The van der Waals surface area contributed by atoms with Crippen molar-refractivity contribution in [2.24, 2.45) is 17.8 Å². The molecule has 3 atom stereocenters. The Morgan fingerprint density at radius 1 is 1.33 bits per heavy atom. The van der Waals surface area contributed by atoms with Crippen molar-refractivity contribution in [1.29, 1.82) is 0 Å². The summed E-state index contributed by atoms with van der Waals surface area (Å²) in [6.45, 7) is 0.